The molecule has 1 atom stereocenters. The Morgan fingerprint density at radius 1 is 1.42 bits per heavy atom. The highest BCUT2D eigenvalue weighted by atomic mass is 35.5. The first-order chi connectivity index (χ1) is 11.6. The summed E-state index contributed by atoms with van der Waals surface area (Å²) >= 11 is 7.69. The average molecular weight is 360 g/mol. The van der Waals surface area contributed by atoms with Gasteiger partial charge in [0.15, 0.2) is 5.82 Å². The lowest BCUT2D eigenvalue weighted by atomic mass is 10.1. The van der Waals surface area contributed by atoms with Crippen molar-refractivity contribution in [3.63, 3.8) is 0 Å². The topological polar surface area (TPSA) is 64.7 Å². The van der Waals surface area contributed by atoms with Crippen LogP contribution in [0.2, 0.25) is 5.02 Å². The van der Waals surface area contributed by atoms with E-state index in [1.54, 1.807) is 22.8 Å². The Morgan fingerprint density at radius 3 is 3.04 bits per heavy atom. The summed E-state index contributed by atoms with van der Waals surface area (Å²) in [6.07, 6.45) is 5.50. The number of imidazole rings is 1. The number of thioether (sulfide) groups is 1. The molecule has 0 fully saturated rings. The zero-order valence-corrected chi connectivity index (χ0v) is 14.4. The number of amides is 1. The smallest absolute Gasteiger partial charge is 0.235 e. The van der Waals surface area contributed by atoms with Crippen LogP contribution in [0, 0.1) is 0 Å². The monoisotopic (exact) mass is 359 g/mol. The number of anilines is 1. The third-order valence-corrected chi connectivity index (χ3v) is 5.30. The molecule has 0 unspecified atom stereocenters. The Balaban J connectivity index is 1.89. The molecule has 1 N–H and O–H groups in total. The van der Waals surface area contributed by atoms with Crippen LogP contribution in [0.15, 0.2) is 43.0 Å². The Labute approximate surface area is 147 Å². The zero-order valence-electron chi connectivity index (χ0n) is 12.8. The number of halogens is 1. The maximum atomic E-state index is 12.0. The van der Waals surface area contributed by atoms with Crippen LogP contribution in [-0.4, -0.2) is 31.0 Å². The maximum absolute atomic E-state index is 12.0. The highest BCUT2D eigenvalue weighted by Crippen LogP contribution is 2.41. The fourth-order valence-electron chi connectivity index (χ4n) is 2.77. The molecule has 1 aliphatic heterocycles. The number of aromatic nitrogens is 4. The van der Waals surface area contributed by atoms with E-state index in [0.717, 1.165) is 16.9 Å². The highest BCUT2D eigenvalue weighted by molar-refractivity contribution is 8.00. The second kappa shape index (κ2) is 5.99. The van der Waals surface area contributed by atoms with E-state index in [2.05, 4.69) is 15.4 Å². The SMILES string of the molecule is Cn1cc([C@@H]2SCC(=O)Nc3ncn(-c4cccc(Cl)c4)c32)cn1. The van der Waals surface area contributed by atoms with Gasteiger partial charge in [0.05, 0.1) is 22.9 Å². The molecule has 1 aromatic carbocycles. The van der Waals surface area contributed by atoms with E-state index in [9.17, 15) is 4.79 Å². The van der Waals surface area contributed by atoms with Gasteiger partial charge in [0.25, 0.3) is 0 Å². The van der Waals surface area contributed by atoms with Gasteiger partial charge in [-0.05, 0) is 18.2 Å². The van der Waals surface area contributed by atoms with Crippen molar-refractivity contribution in [3.8, 4) is 5.69 Å². The number of rotatable bonds is 2. The van der Waals surface area contributed by atoms with Gasteiger partial charge in [-0.1, -0.05) is 17.7 Å². The number of carbonyl (C=O) groups is 1. The van der Waals surface area contributed by atoms with Crippen LogP contribution in [0.4, 0.5) is 5.82 Å². The van der Waals surface area contributed by atoms with Crippen LogP contribution in [0.1, 0.15) is 16.5 Å². The maximum Gasteiger partial charge on any atom is 0.235 e. The fraction of sp³-hybridized carbons (Fsp3) is 0.188. The Hall–Kier alpha value is -2.25. The summed E-state index contributed by atoms with van der Waals surface area (Å²) in [5.41, 5.74) is 2.85. The molecule has 3 aromatic rings. The molecule has 6 nitrogen and oxygen atoms in total. The molecule has 4 rings (SSSR count). The van der Waals surface area contributed by atoms with Crippen LogP contribution >= 0.6 is 23.4 Å². The molecule has 0 spiro atoms. The summed E-state index contributed by atoms with van der Waals surface area (Å²) in [4.78, 5) is 16.4. The van der Waals surface area contributed by atoms with Crippen LogP contribution in [-0.2, 0) is 11.8 Å². The van der Waals surface area contributed by atoms with E-state index in [4.69, 9.17) is 11.6 Å². The predicted molar refractivity (Wildman–Crippen MR) is 94.7 cm³/mol. The van der Waals surface area contributed by atoms with Gasteiger partial charge in [-0.15, -0.1) is 11.8 Å². The van der Waals surface area contributed by atoms with E-state index in [1.165, 1.54) is 0 Å². The van der Waals surface area contributed by atoms with Gasteiger partial charge in [0.1, 0.15) is 6.33 Å². The number of aryl methyl sites for hydroxylation is 1. The lowest BCUT2D eigenvalue weighted by Gasteiger charge is -2.16. The van der Waals surface area contributed by atoms with Crippen LogP contribution < -0.4 is 5.32 Å². The summed E-state index contributed by atoms with van der Waals surface area (Å²) < 4.78 is 3.73. The number of benzene rings is 1. The van der Waals surface area contributed by atoms with Crippen molar-refractivity contribution in [3.05, 3.63) is 59.3 Å². The van der Waals surface area contributed by atoms with Gasteiger partial charge in [0.2, 0.25) is 5.91 Å². The summed E-state index contributed by atoms with van der Waals surface area (Å²) in [5, 5.41) is 7.75. The normalized spacial score (nSPS) is 17.2. The minimum atomic E-state index is -0.0519. The average Bonchev–Trinajstić information content (AvgIpc) is 3.11. The number of nitrogens with zero attached hydrogens (tertiary/aromatic N) is 4. The van der Waals surface area contributed by atoms with Gasteiger partial charge < -0.3 is 5.32 Å². The van der Waals surface area contributed by atoms with Crippen molar-refractivity contribution >= 4 is 35.1 Å². The number of fused-ring (bicyclic) bond motifs is 1. The second-order valence-corrected chi connectivity index (χ2v) is 7.04. The zero-order chi connectivity index (χ0) is 16.7. The van der Waals surface area contributed by atoms with Crippen molar-refractivity contribution in [2.45, 2.75) is 5.25 Å². The number of hydrogen-bond donors (Lipinski definition) is 1. The first-order valence-electron chi connectivity index (χ1n) is 7.35. The molecular weight excluding hydrogens is 346 g/mol. The molecule has 0 bridgehead atoms. The molecule has 0 saturated heterocycles. The molecule has 2 aromatic heterocycles. The lowest BCUT2D eigenvalue weighted by Crippen LogP contribution is -2.12. The highest BCUT2D eigenvalue weighted by Gasteiger charge is 2.29. The van der Waals surface area contributed by atoms with E-state index in [1.807, 2.05) is 48.3 Å². The minimum absolute atomic E-state index is 0.0471. The second-order valence-electron chi connectivity index (χ2n) is 5.51. The van der Waals surface area contributed by atoms with Crippen molar-refractivity contribution in [2.75, 3.05) is 11.1 Å². The minimum Gasteiger partial charge on any atom is -0.308 e. The van der Waals surface area contributed by atoms with E-state index >= 15 is 0 Å². The molecule has 3 heterocycles. The van der Waals surface area contributed by atoms with Crippen molar-refractivity contribution in [1.82, 2.24) is 19.3 Å². The molecule has 122 valence electrons. The van der Waals surface area contributed by atoms with E-state index < -0.39 is 0 Å². The molecule has 8 heteroatoms. The van der Waals surface area contributed by atoms with Crippen molar-refractivity contribution in [2.24, 2.45) is 7.05 Å². The molecule has 1 aliphatic rings. The molecule has 0 saturated carbocycles. The van der Waals surface area contributed by atoms with E-state index in [-0.39, 0.29) is 11.2 Å². The van der Waals surface area contributed by atoms with Gasteiger partial charge in [-0.25, -0.2) is 4.98 Å². The first-order valence-corrected chi connectivity index (χ1v) is 8.77. The summed E-state index contributed by atoms with van der Waals surface area (Å²) in [5.74, 6) is 0.897. The van der Waals surface area contributed by atoms with Crippen LogP contribution in [0.25, 0.3) is 5.69 Å². The fourth-order valence-corrected chi connectivity index (χ4v) is 4.04. The Kier molecular flexibility index (Phi) is 3.82. The predicted octanol–water partition coefficient (Wildman–Crippen LogP) is 3.03. The molecule has 24 heavy (non-hydrogen) atoms. The van der Waals surface area contributed by atoms with Gasteiger partial charge >= 0.3 is 0 Å². The Morgan fingerprint density at radius 2 is 2.29 bits per heavy atom. The third-order valence-electron chi connectivity index (χ3n) is 3.81. The molecule has 1 amide bonds. The van der Waals surface area contributed by atoms with Gasteiger partial charge in [0, 0.05) is 29.5 Å². The largest absolute Gasteiger partial charge is 0.308 e. The summed E-state index contributed by atoms with van der Waals surface area (Å²) in [6.45, 7) is 0. The molecular formula is C16H14ClN5OS. The van der Waals surface area contributed by atoms with Crippen molar-refractivity contribution < 1.29 is 4.79 Å². The number of carbonyl (C=O) groups excluding carboxylic acids is 1. The van der Waals surface area contributed by atoms with Crippen LogP contribution in [0.5, 0.6) is 0 Å². The standard InChI is InChI=1S/C16H14ClN5OS/c1-21-7-10(6-19-21)15-14-16(20-13(23)8-24-15)18-9-22(14)12-4-2-3-11(17)5-12/h2-7,9,15H,8H2,1H3,(H,20,23)/t15-/m0/s1. The van der Waals surface area contributed by atoms with E-state index in [0.29, 0.717) is 16.6 Å². The van der Waals surface area contributed by atoms with Crippen molar-refractivity contribution in [1.29, 1.82) is 0 Å². The molecule has 0 radical (unpaired) electrons. The summed E-state index contributed by atoms with van der Waals surface area (Å²) in [6, 6.07) is 7.56. The number of nitrogens with one attached hydrogen (secondary N) is 1. The number of hydrogen-bond acceptors (Lipinski definition) is 4. The quantitative estimate of drug-likeness (QED) is 0.763. The third kappa shape index (κ3) is 2.70. The van der Waals surface area contributed by atoms with Gasteiger partial charge in [-0.3, -0.25) is 14.0 Å². The Bertz CT molecular complexity index is 919. The summed E-state index contributed by atoms with van der Waals surface area (Å²) in [7, 11) is 1.88. The van der Waals surface area contributed by atoms with Gasteiger partial charge in [-0.2, -0.15) is 5.10 Å². The first kappa shape index (κ1) is 15.3. The lowest BCUT2D eigenvalue weighted by molar-refractivity contribution is -0.113. The van der Waals surface area contributed by atoms with Crippen LogP contribution in [0.3, 0.4) is 0 Å². The molecule has 0 aliphatic carbocycles.